The molecule has 0 bridgehead atoms. The number of nitrogens with one attached hydrogen (secondary N) is 1. The van der Waals surface area contributed by atoms with Gasteiger partial charge in [0.05, 0.1) is 17.6 Å². The summed E-state index contributed by atoms with van der Waals surface area (Å²) in [6.07, 6.45) is -2.55. The van der Waals surface area contributed by atoms with Gasteiger partial charge in [0.2, 0.25) is 11.8 Å². The van der Waals surface area contributed by atoms with Gasteiger partial charge in [-0.2, -0.15) is 13.2 Å². The molecule has 1 aromatic carbocycles. The molecule has 1 atom stereocenters. The average molecular weight is 537 g/mol. The number of hydrogen-bond donors (Lipinski definition) is 2. The molecule has 15 heteroatoms. The first-order chi connectivity index (χ1) is 17.9. The Hall–Kier alpha value is -3.85. The molecule has 0 spiro atoms. The maximum absolute atomic E-state index is 12.8. The van der Waals surface area contributed by atoms with Crippen LogP contribution in [0.2, 0.25) is 0 Å². The third-order valence-electron chi connectivity index (χ3n) is 6.54. The van der Waals surface area contributed by atoms with Crippen LogP contribution < -0.4 is 5.32 Å². The topological polar surface area (TPSA) is 141 Å². The van der Waals surface area contributed by atoms with Crippen LogP contribution in [0.1, 0.15) is 34.5 Å². The molecular formula is C23H26F3N7O5. The number of likely N-dealkylation sites (N-methyl/N-ethyl adjacent to an activating group) is 1. The standard InChI is InChI=1S/C21H25N7O3.C2HF3O2/c1-25-6-8-26(9-7-25)12-15-13-28(24-23-15)16-2-3-17-14(10-16)11-27(21(17)31)18-4-5-19(29)22-20(18)30;3-2(4,5)1(6)7/h2-3,10,13,18H,4-9,11-12H2,1H3,(H,22,29,30);(H,6,7). The van der Waals surface area contributed by atoms with Crippen LogP contribution in [0, 0.1) is 0 Å². The second-order valence-electron chi connectivity index (χ2n) is 9.28. The number of carbonyl (C=O) groups excluding carboxylic acids is 3. The zero-order valence-electron chi connectivity index (χ0n) is 20.4. The molecule has 1 aromatic heterocycles. The van der Waals surface area contributed by atoms with Gasteiger partial charge in [-0.05, 0) is 37.2 Å². The molecule has 2 aromatic rings. The summed E-state index contributed by atoms with van der Waals surface area (Å²) >= 11 is 0. The Morgan fingerprint density at radius 1 is 1.16 bits per heavy atom. The number of carboxylic acid groups (broad SMARTS) is 1. The van der Waals surface area contributed by atoms with Crippen molar-refractivity contribution in [1.29, 1.82) is 0 Å². The molecule has 3 aliphatic heterocycles. The second kappa shape index (κ2) is 10.9. The third-order valence-corrected chi connectivity index (χ3v) is 6.54. The number of carboxylic acids is 1. The molecule has 204 valence electrons. The van der Waals surface area contributed by atoms with Crippen molar-refractivity contribution in [3.8, 4) is 5.69 Å². The van der Waals surface area contributed by atoms with Crippen LogP contribution >= 0.6 is 0 Å². The fourth-order valence-electron chi connectivity index (χ4n) is 4.44. The van der Waals surface area contributed by atoms with Crippen LogP contribution in [0.5, 0.6) is 0 Å². The summed E-state index contributed by atoms with van der Waals surface area (Å²) in [7, 11) is 2.13. The van der Waals surface area contributed by atoms with E-state index in [0.717, 1.165) is 49.7 Å². The van der Waals surface area contributed by atoms with Gasteiger partial charge in [0.1, 0.15) is 6.04 Å². The van der Waals surface area contributed by atoms with Crippen LogP contribution in [0.3, 0.4) is 0 Å². The average Bonchev–Trinajstić information content (AvgIpc) is 3.45. The third kappa shape index (κ3) is 6.16. The highest BCUT2D eigenvalue weighted by molar-refractivity contribution is 6.05. The zero-order valence-corrected chi connectivity index (χ0v) is 20.4. The molecule has 4 heterocycles. The number of piperidine rings is 1. The lowest BCUT2D eigenvalue weighted by Gasteiger charge is -2.31. The monoisotopic (exact) mass is 537 g/mol. The molecule has 2 N–H and O–H groups in total. The Bertz CT molecular complexity index is 1240. The molecule has 0 radical (unpaired) electrons. The quantitative estimate of drug-likeness (QED) is 0.531. The summed E-state index contributed by atoms with van der Waals surface area (Å²) in [5, 5.41) is 18.0. The SMILES string of the molecule is CN1CCN(Cc2cn(-c3ccc4c(c3)CN(C3CCC(=O)NC3=O)C4=O)nn2)CC1.O=C(O)C(F)(F)F. The predicted octanol–water partition coefficient (Wildman–Crippen LogP) is 0.409. The summed E-state index contributed by atoms with van der Waals surface area (Å²) in [5.41, 5.74) is 3.18. The first-order valence-corrected chi connectivity index (χ1v) is 11.8. The van der Waals surface area contributed by atoms with E-state index in [9.17, 15) is 27.6 Å². The Kier molecular flexibility index (Phi) is 7.78. The van der Waals surface area contributed by atoms with Crippen LogP contribution in [-0.4, -0.2) is 104 Å². The van der Waals surface area contributed by atoms with Crippen LogP contribution in [-0.2, 0) is 27.5 Å². The van der Waals surface area contributed by atoms with E-state index in [2.05, 4.69) is 32.5 Å². The Balaban J connectivity index is 0.000000426. The van der Waals surface area contributed by atoms with Crippen LogP contribution in [0.25, 0.3) is 5.69 Å². The molecule has 38 heavy (non-hydrogen) atoms. The molecule has 1 unspecified atom stereocenters. The lowest BCUT2D eigenvalue weighted by atomic mass is 10.0. The number of benzene rings is 1. The van der Waals surface area contributed by atoms with E-state index in [1.807, 2.05) is 18.3 Å². The maximum Gasteiger partial charge on any atom is 0.490 e. The number of alkyl halides is 3. The number of halogens is 3. The number of hydrogen-bond acceptors (Lipinski definition) is 8. The van der Waals surface area contributed by atoms with E-state index in [4.69, 9.17) is 9.90 Å². The maximum atomic E-state index is 12.8. The van der Waals surface area contributed by atoms with E-state index >= 15 is 0 Å². The molecule has 2 saturated heterocycles. The van der Waals surface area contributed by atoms with Gasteiger partial charge >= 0.3 is 12.1 Å². The van der Waals surface area contributed by atoms with Crippen molar-refractivity contribution >= 4 is 23.7 Å². The van der Waals surface area contributed by atoms with Gasteiger partial charge in [0.15, 0.2) is 0 Å². The number of imide groups is 1. The molecule has 3 amide bonds. The van der Waals surface area contributed by atoms with Gasteiger partial charge in [-0.15, -0.1) is 5.10 Å². The van der Waals surface area contributed by atoms with E-state index < -0.39 is 24.1 Å². The van der Waals surface area contributed by atoms with Gasteiger partial charge in [-0.1, -0.05) is 5.21 Å². The number of rotatable bonds is 4. The zero-order chi connectivity index (χ0) is 27.6. The highest BCUT2D eigenvalue weighted by Gasteiger charge is 2.39. The Labute approximate surface area is 215 Å². The van der Waals surface area contributed by atoms with Crippen molar-refractivity contribution in [2.75, 3.05) is 33.2 Å². The minimum Gasteiger partial charge on any atom is -0.475 e. The van der Waals surface area contributed by atoms with E-state index in [1.165, 1.54) is 0 Å². The van der Waals surface area contributed by atoms with Gasteiger partial charge in [-0.25, -0.2) is 9.48 Å². The smallest absolute Gasteiger partial charge is 0.475 e. The van der Waals surface area contributed by atoms with Crippen molar-refractivity contribution in [2.24, 2.45) is 0 Å². The molecule has 2 fully saturated rings. The highest BCUT2D eigenvalue weighted by Crippen LogP contribution is 2.29. The molecule has 3 aliphatic rings. The molecule has 0 aliphatic carbocycles. The molecule has 0 saturated carbocycles. The number of aliphatic carboxylic acids is 1. The lowest BCUT2D eigenvalue weighted by Crippen LogP contribution is -2.52. The first-order valence-electron chi connectivity index (χ1n) is 11.8. The van der Waals surface area contributed by atoms with Gasteiger partial charge in [-0.3, -0.25) is 24.6 Å². The molecular weight excluding hydrogens is 511 g/mol. The first kappa shape index (κ1) is 27.2. The largest absolute Gasteiger partial charge is 0.490 e. The summed E-state index contributed by atoms with van der Waals surface area (Å²) in [5.74, 6) is -3.62. The Morgan fingerprint density at radius 3 is 2.47 bits per heavy atom. The van der Waals surface area contributed by atoms with E-state index in [0.29, 0.717) is 18.5 Å². The van der Waals surface area contributed by atoms with E-state index in [-0.39, 0.29) is 18.2 Å². The van der Waals surface area contributed by atoms with Gasteiger partial charge in [0.25, 0.3) is 5.91 Å². The number of nitrogens with zero attached hydrogens (tertiary/aromatic N) is 6. The molecule has 5 rings (SSSR count). The molecule has 12 nitrogen and oxygen atoms in total. The fraction of sp³-hybridized carbons (Fsp3) is 0.478. The van der Waals surface area contributed by atoms with Crippen molar-refractivity contribution < 1.29 is 37.5 Å². The van der Waals surface area contributed by atoms with Crippen molar-refractivity contribution in [1.82, 2.24) is 35.0 Å². The van der Waals surface area contributed by atoms with Crippen molar-refractivity contribution in [3.63, 3.8) is 0 Å². The van der Waals surface area contributed by atoms with Crippen molar-refractivity contribution in [3.05, 3.63) is 41.2 Å². The minimum absolute atomic E-state index is 0.176. The van der Waals surface area contributed by atoms with Crippen molar-refractivity contribution in [2.45, 2.75) is 38.1 Å². The fourth-order valence-corrected chi connectivity index (χ4v) is 4.44. The Morgan fingerprint density at radius 2 is 1.84 bits per heavy atom. The number of aromatic nitrogens is 3. The number of piperazine rings is 1. The second-order valence-corrected chi connectivity index (χ2v) is 9.28. The normalized spacial score (nSPS) is 20.6. The highest BCUT2D eigenvalue weighted by atomic mass is 19.4. The summed E-state index contributed by atoms with van der Waals surface area (Å²) in [4.78, 5) is 51.6. The summed E-state index contributed by atoms with van der Waals surface area (Å²) in [6.45, 7) is 5.24. The minimum atomic E-state index is -5.08. The lowest BCUT2D eigenvalue weighted by molar-refractivity contribution is -0.192. The van der Waals surface area contributed by atoms with E-state index in [1.54, 1.807) is 15.6 Å². The summed E-state index contributed by atoms with van der Waals surface area (Å²) < 4.78 is 33.5. The van der Waals surface area contributed by atoms with Gasteiger partial charge < -0.3 is 14.9 Å². The van der Waals surface area contributed by atoms with Crippen LogP contribution in [0.4, 0.5) is 13.2 Å². The predicted molar refractivity (Wildman–Crippen MR) is 124 cm³/mol. The number of carbonyl (C=O) groups is 4. The number of amides is 3. The summed E-state index contributed by atoms with van der Waals surface area (Å²) in [6, 6.07) is 4.94. The van der Waals surface area contributed by atoms with Crippen LogP contribution in [0.15, 0.2) is 24.4 Å². The number of fused-ring (bicyclic) bond motifs is 1. The van der Waals surface area contributed by atoms with Gasteiger partial charge in [0, 0.05) is 51.3 Å².